The van der Waals surface area contributed by atoms with Gasteiger partial charge in [-0.25, -0.2) is 18.7 Å². The Balaban J connectivity index is 1.56. The second-order valence-electron chi connectivity index (χ2n) is 9.36. The number of nitrogens with zero attached hydrogens (tertiary/aromatic N) is 3. The monoisotopic (exact) mass is 556 g/mol. The van der Waals surface area contributed by atoms with E-state index < -0.39 is 11.6 Å². The SMILES string of the molecule is CN[C@H]1CC[C@H](N(Cc2cc(-c3cncnc3)ccc2OC)C(=O)c2sc3c(F)ccc(F)c3c2Cl)CC1. The van der Waals surface area contributed by atoms with Gasteiger partial charge in [0.1, 0.15) is 28.6 Å². The molecule has 0 saturated heterocycles. The molecule has 1 fully saturated rings. The van der Waals surface area contributed by atoms with Crippen molar-refractivity contribution >= 4 is 38.9 Å². The smallest absolute Gasteiger partial charge is 0.266 e. The average molecular weight is 557 g/mol. The van der Waals surface area contributed by atoms with Gasteiger partial charge in [0, 0.05) is 42.1 Å². The lowest BCUT2D eigenvalue weighted by Gasteiger charge is -2.37. The molecule has 6 nitrogen and oxygen atoms in total. The van der Waals surface area contributed by atoms with Crippen LogP contribution in [0.2, 0.25) is 5.02 Å². The zero-order chi connectivity index (χ0) is 26.8. The molecule has 4 aromatic rings. The maximum atomic E-state index is 14.6. The highest BCUT2D eigenvalue weighted by molar-refractivity contribution is 7.21. The van der Waals surface area contributed by atoms with Crippen LogP contribution in [-0.4, -0.2) is 47.0 Å². The van der Waals surface area contributed by atoms with Gasteiger partial charge in [-0.1, -0.05) is 17.7 Å². The van der Waals surface area contributed by atoms with Gasteiger partial charge in [-0.3, -0.25) is 4.79 Å². The average Bonchev–Trinajstić information content (AvgIpc) is 3.32. The topological polar surface area (TPSA) is 67.3 Å². The fourth-order valence-corrected chi connectivity index (χ4v) is 6.63. The molecule has 1 aliphatic rings. The van der Waals surface area contributed by atoms with Crippen LogP contribution < -0.4 is 10.1 Å². The first-order chi connectivity index (χ1) is 18.4. The van der Waals surface area contributed by atoms with Crippen molar-refractivity contribution < 1.29 is 18.3 Å². The van der Waals surface area contributed by atoms with E-state index in [1.807, 2.05) is 25.2 Å². The molecule has 1 aliphatic carbocycles. The van der Waals surface area contributed by atoms with Gasteiger partial charge in [0.05, 0.1) is 22.2 Å². The molecule has 2 heterocycles. The summed E-state index contributed by atoms with van der Waals surface area (Å²) in [7, 11) is 3.53. The van der Waals surface area contributed by atoms with Crippen molar-refractivity contribution in [3.63, 3.8) is 0 Å². The van der Waals surface area contributed by atoms with E-state index in [0.29, 0.717) is 11.8 Å². The second kappa shape index (κ2) is 11.3. The summed E-state index contributed by atoms with van der Waals surface area (Å²) in [6, 6.07) is 8.13. The van der Waals surface area contributed by atoms with E-state index in [1.54, 1.807) is 24.4 Å². The number of carbonyl (C=O) groups excluding carboxylic acids is 1. The van der Waals surface area contributed by atoms with Crippen LogP contribution in [0, 0.1) is 11.6 Å². The van der Waals surface area contributed by atoms with Gasteiger partial charge in [-0.05, 0) is 62.6 Å². The molecular formula is C28H27ClF2N4O2S. The first-order valence-electron chi connectivity index (χ1n) is 12.4. The van der Waals surface area contributed by atoms with Crippen molar-refractivity contribution in [2.24, 2.45) is 0 Å². The number of hydrogen-bond acceptors (Lipinski definition) is 6. The Labute approximate surface area is 228 Å². The number of nitrogens with one attached hydrogen (secondary N) is 1. The van der Waals surface area contributed by atoms with E-state index >= 15 is 0 Å². The molecule has 0 bridgehead atoms. The molecular weight excluding hydrogens is 530 g/mol. The molecule has 1 N–H and O–H groups in total. The number of thiophene rings is 1. The lowest BCUT2D eigenvalue weighted by Crippen LogP contribution is -2.44. The molecule has 1 amide bonds. The molecule has 0 unspecified atom stereocenters. The van der Waals surface area contributed by atoms with Crippen LogP contribution in [-0.2, 0) is 6.54 Å². The maximum absolute atomic E-state index is 14.6. The number of carbonyl (C=O) groups is 1. The number of hydrogen-bond donors (Lipinski definition) is 1. The number of benzene rings is 2. The van der Waals surface area contributed by atoms with Crippen molar-refractivity contribution in [1.82, 2.24) is 20.2 Å². The zero-order valence-corrected chi connectivity index (χ0v) is 22.6. The summed E-state index contributed by atoms with van der Waals surface area (Å²) in [6.07, 6.45) is 8.31. The number of methoxy groups -OCH3 is 1. The Morgan fingerprint density at radius 2 is 1.82 bits per heavy atom. The van der Waals surface area contributed by atoms with Crippen molar-refractivity contribution in [2.45, 2.75) is 44.3 Å². The van der Waals surface area contributed by atoms with Crippen molar-refractivity contribution in [1.29, 1.82) is 0 Å². The maximum Gasteiger partial charge on any atom is 0.266 e. The van der Waals surface area contributed by atoms with E-state index in [0.717, 1.165) is 65.8 Å². The van der Waals surface area contributed by atoms with Crippen LogP contribution >= 0.6 is 22.9 Å². The van der Waals surface area contributed by atoms with Crippen LogP contribution in [0.25, 0.3) is 21.2 Å². The van der Waals surface area contributed by atoms with Crippen molar-refractivity contribution in [3.05, 3.63) is 76.2 Å². The highest BCUT2D eigenvalue weighted by atomic mass is 35.5. The third-order valence-electron chi connectivity index (χ3n) is 7.20. The Hall–Kier alpha value is -3.14. The summed E-state index contributed by atoms with van der Waals surface area (Å²) in [6.45, 7) is 0.244. The number of fused-ring (bicyclic) bond motifs is 1. The molecule has 1 saturated carbocycles. The highest BCUT2D eigenvalue weighted by Crippen LogP contribution is 2.40. The fraction of sp³-hybridized carbons (Fsp3) is 0.321. The molecule has 2 aromatic carbocycles. The molecule has 5 rings (SSSR count). The summed E-state index contributed by atoms with van der Waals surface area (Å²) in [5.41, 5.74) is 2.52. The first-order valence-corrected chi connectivity index (χ1v) is 13.6. The zero-order valence-electron chi connectivity index (χ0n) is 21.0. The van der Waals surface area contributed by atoms with E-state index in [1.165, 1.54) is 6.33 Å². The third-order valence-corrected chi connectivity index (χ3v) is 8.87. The molecule has 38 heavy (non-hydrogen) atoms. The summed E-state index contributed by atoms with van der Waals surface area (Å²) in [5.74, 6) is -0.972. The van der Waals surface area contributed by atoms with E-state index in [-0.39, 0.29) is 38.5 Å². The Bertz CT molecular complexity index is 1460. The fourth-order valence-electron chi connectivity index (χ4n) is 5.12. The quantitative estimate of drug-likeness (QED) is 0.282. The lowest BCUT2D eigenvalue weighted by molar-refractivity contribution is 0.0604. The van der Waals surface area contributed by atoms with Crippen LogP contribution in [0.4, 0.5) is 8.78 Å². The number of rotatable bonds is 7. The third kappa shape index (κ3) is 5.10. The minimum Gasteiger partial charge on any atom is -0.496 e. The molecule has 0 radical (unpaired) electrons. The molecule has 2 aromatic heterocycles. The van der Waals surface area contributed by atoms with E-state index in [4.69, 9.17) is 16.3 Å². The van der Waals surface area contributed by atoms with Gasteiger partial charge in [0.15, 0.2) is 0 Å². The molecule has 198 valence electrons. The van der Waals surface area contributed by atoms with Gasteiger partial charge >= 0.3 is 0 Å². The summed E-state index contributed by atoms with van der Waals surface area (Å²) in [4.78, 5) is 24.2. The Morgan fingerprint density at radius 1 is 1.11 bits per heavy atom. The summed E-state index contributed by atoms with van der Waals surface area (Å²) < 4.78 is 34.8. The van der Waals surface area contributed by atoms with Crippen molar-refractivity contribution in [3.8, 4) is 16.9 Å². The minimum atomic E-state index is -0.651. The minimum absolute atomic E-state index is 0.0425. The van der Waals surface area contributed by atoms with Gasteiger partial charge in [-0.15, -0.1) is 11.3 Å². The van der Waals surface area contributed by atoms with Gasteiger partial charge in [-0.2, -0.15) is 0 Å². The van der Waals surface area contributed by atoms with Crippen molar-refractivity contribution in [2.75, 3.05) is 14.2 Å². The summed E-state index contributed by atoms with van der Waals surface area (Å²) in [5, 5.41) is 3.21. The molecule has 0 atom stereocenters. The summed E-state index contributed by atoms with van der Waals surface area (Å²) >= 11 is 7.42. The number of ether oxygens (including phenoxy) is 1. The molecule has 10 heteroatoms. The van der Waals surface area contributed by atoms with Crippen LogP contribution in [0.5, 0.6) is 5.75 Å². The van der Waals surface area contributed by atoms with Crippen LogP contribution in [0.1, 0.15) is 40.9 Å². The Kier molecular flexibility index (Phi) is 7.88. The number of aromatic nitrogens is 2. The van der Waals surface area contributed by atoms with Crippen LogP contribution in [0.3, 0.4) is 0 Å². The molecule has 0 aliphatic heterocycles. The first kappa shape index (κ1) is 26.5. The van der Waals surface area contributed by atoms with Gasteiger partial charge in [0.2, 0.25) is 0 Å². The molecule has 0 spiro atoms. The largest absolute Gasteiger partial charge is 0.496 e. The lowest BCUT2D eigenvalue weighted by atomic mass is 9.89. The predicted molar refractivity (Wildman–Crippen MR) is 146 cm³/mol. The van der Waals surface area contributed by atoms with E-state index in [9.17, 15) is 13.6 Å². The van der Waals surface area contributed by atoms with E-state index in [2.05, 4.69) is 15.3 Å². The second-order valence-corrected chi connectivity index (χ2v) is 10.8. The number of halogens is 3. The number of amides is 1. The normalized spacial score (nSPS) is 17.5. The standard InChI is InChI=1S/C28H27ClF2N4O2S/c1-32-19-4-6-20(7-5-19)35(28(36)27-25(29)24-21(30)8-9-22(31)26(24)38-27)14-17-11-16(3-10-23(17)37-2)18-12-33-15-34-13-18/h3,8-13,15,19-20,32H,4-7,14H2,1-2H3/t19-,20-. The van der Waals surface area contributed by atoms with Gasteiger partial charge in [0.25, 0.3) is 5.91 Å². The van der Waals surface area contributed by atoms with Gasteiger partial charge < -0.3 is 15.0 Å². The Morgan fingerprint density at radius 3 is 2.47 bits per heavy atom. The van der Waals surface area contributed by atoms with Crippen LogP contribution in [0.15, 0.2) is 49.1 Å². The highest BCUT2D eigenvalue weighted by Gasteiger charge is 2.33. The predicted octanol–water partition coefficient (Wildman–Crippen LogP) is 6.47.